The third-order valence-corrected chi connectivity index (χ3v) is 1.99. The van der Waals surface area contributed by atoms with E-state index in [-0.39, 0.29) is 6.23 Å². The Hall–Kier alpha value is -0.380. The molecule has 1 heterocycles. The zero-order chi connectivity index (χ0) is 8.27. The zero-order valence-corrected chi connectivity index (χ0v) is 7.21. The number of rotatable bonds is 2. The van der Waals surface area contributed by atoms with Crippen LogP contribution >= 0.6 is 0 Å². The van der Waals surface area contributed by atoms with Crippen molar-refractivity contribution in [3.63, 3.8) is 0 Å². The van der Waals surface area contributed by atoms with E-state index in [0.717, 1.165) is 19.5 Å². The van der Waals surface area contributed by atoms with Crippen molar-refractivity contribution in [2.45, 2.75) is 12.6 Å². The van der Waals surface area contributed by atoms with E-state index in [1.165, 1.54) is 5.57 Å². The number of hydrogen-bond donors (Lipinski definition) is 1. The van der Waals surface area contributed by atoms with Crippen LogP contribution in [0, 0.1) is 0 Å². The molecule has 3 heteroatoms. The summed E-state index contributed by atoms with van der Waals surface area (Å²) in [6.45, 7) is 2.06. The smallest absolute Gasteiger partial charge is 0.128 e. The van der Waals surface area contributed by atoms with Crippen molar-refractivity contribution in [2.24, 2.45) is 5.73 Å². The zero-order valence-electron chi connectivity index (χ0n) is 7.21. The summed E-state index contributed by atoms with van der Waals surface area (Å²) in [5.74, 6) is 0. The molecule has 0 spiro atoms. The van der Waals surface area contributed by atoms with Crippen LogP contribution < -0.4 is 5.73 Å². The fourth-order valence-electron chi connectivity index (χ4n) is 1.28. The summed E-state index contributed by atoms with van der Waals surface area (Å²) in [7, 11) is 3.73. The predicted molar refractivity (Wildman–Crippen MR) is 45.2 cm³/mol. The van der Waals surface area contributed by atoms with Gasteiger partial charge in [-0.05, 0) is 19.0 Å². The second-order valence-corrected chi connectivity index (χ2v) is 2.96. The Bertz CT molecular complexity index is 156. The van der Waals surface area contributed by atoms with E-state index in [9.17, 15) is 0 Å². The molecule has 0 radical (unpaired) electrons. The largest absolute Gasteiger partial charge is 0.363 e. The molecule has 3 nitrogen and oxygen atoms in total. The maximum absolute atomic E-state index is 5.69. The molecule has 0 bridgehead atoms. The average Bonchev–Trinajstić information content (AvgIpc) is 2.03. The Kier molecular flexibility index (Phi) is 3.05. The minimum Gasteiger partial charge on any atom is -0.363 e. The molecule has 11 heavy (non-hydrogen) atoms. The molecule has 0 saturated heterocycles. The van der Waals surface area contributed by atoms with Gasteiger partial charge in [0.05, 0.1) is 0 Å². The molecule has 0 aliphatic carbocycles. The summed E-state index contributed by atoms with van der Waals surface area (Å²) < 4.78 is 5.02. The molecule has 1 aliphatic heterocycles. The van der Waals surface area contributed by atoms with Crippen molar-refractivity contribution < 1.29 is 4.74 Å². The minimum absolute atomic E-state index is 0.210. The highest BCUT2D eigenvalue weighted by atomic mass is 16.5. The normalized spacial score (nSPS) is 23.0. The topological polar surface area (TPSA) is 38.5 Å². The first-order valence-electron chi connectivity index (χ1n) is 3.90. The number of nitrogens with zero attached hydrogens (tertiary/aromatic N) is 1. The van der Waals surface area contributed by atoms with E-state index in [2.05, 4.69) is 18.0 Å². The second kappa shape index (κ2) is 3.85. The van der Waals surface area contributed by atoms with Crippen LogP contribution in [0.25, 0.3) is 0 Å². The number of hydrogen-bond acceptors (Lipinski definition) is 3. The summed E-state index contributed by atoms with van der Waals surface area (Å²) in [6.07, 6.45) is 3.05. The number of likely N-dealkylation sites (N-methyl/N-ethyl adjacent to an activating group) is 1. The monoisotopic (exact) mass is 156 g/mol. The van der Waals surface area contributed by atoms with Gasteiger partial charge in [0.25, 0.3) is 0 Å². The summed E-state index contributed by atoms with van der Waals surface area (Å²) >= 11 is 0. The van der Waals surface area contributed by atoms with Crippen LogP contribution in [0.2, 0.25) is 0 Å². The predicted octanol–water partition coefficient (Wildman–Crippen LogP) is 0.179. The fraction of sp³-hybridized carbons (Fsp3) is 0.750. The third kappa shape index (κ3) is 2.29. The van der Waals surface area contributed by atoms with Crippen LogP contribution in [0.5, 0.6) is 0 Å². The van der Waals surface area contributed by atoms with Crippen LogP contribution in [0.3, 0.4) is 0 Å². The molecule has 0 saturated carbocycles. The minimum atomic E-state index is -0.210. The Labute approximate surface area is 67.8 Å². The van der Waals surface area contributed by atoms with E-state index >= 15 is 0 Å². The van der Waals surface area contributed by atoms with Crippen LogP contribution in [-0.4, -0.2) is 38.4 Å². The maximum atomic E-state index is 5.69. The molecule has 1 unspecified atom stereocenters. The van der Waals surface area contributed by atoms with Crippen molar-refractivity contribution in [1.82, 2.24) is 4.90 Å². The van der Waals surface area contributed by atoms with Crippen LogP contribution in [0.4, 0.5) is 0 Å². The second-order valence-electron chi connectivity index (χ2n) is 2.96. The molecular formula is C8H16N2O. The van der Waals surface area contributed by atoms with Crippen molar-refractivity contribution >= 4 is 0 Å². The molecular weight excluding hydrogens is 140 g/mol. The molecule has 2 N–H and O–H groups in total. The molecule has 64 valence electrons. The molecule has 1 atom stereocenters. The number of nitrogens with two attached hydrogens (primary N) is 1. The average molecular weight is 156 g/mol. The van der Waals surface area contributed by atoms with E-state index < -0.39 is 0 Å². The van der Waals surface area contributed by atoms with Crippen molar-refractivity contribution in [3.05, 3.63) is 11.6 Å². The Morgan fingerprint density at radius 1 is 1.73 bits per heavy atom. The van der Waals surface area contributed by atoms with Gasteiger partial charge in [-0.1, -0.05) is 6.08 Å². The van der Waals surface area contributed by atoms with E-state index in [1.807, 2.05) is 0 Å². The van der Waals surface area contributed by atoms with Gasteiger partial charge in [0.1, 0.15) is 6.23 Å². The van der Waals surface area contributed by atoms with Gasteiger partial charge in [0.15, 0.2) is 0 Å². The lowest BCUT2D eigenvalue weighted by Crippen LogP contribution is -2.35. The summed E-state index contributed by atoms with van der Waals surface area (Å²) in [5.41, 5.74) is 6.89. The number of ether oxygens (including phenoxy) is 1. The van der Waals surface area contributed by atoms with Gasteiger partial charge in [-0.15, -0.1) is 0 Å². The Balaban J connectivity index is 2.50. The summed E-state index contributed by atoms with van der Waals surface area (Å²) in [5, 5.41) is 0. The SMILES string of the molecule is COC(N)C1=CCCN(C)C1. The standard InChI is InChI=1S/C8H16N2O/c1-10-5-3-4-7(6-10)8(9)11-2/h4,8H,3,5-6,9H2,1-2H3. The molecule has 1 rings (SSSR count). The lowest BCUT2D eigenvalue weighted by Gasteiger charge is -2.25. The highest BCUT2D eigenvalue weighted by molar-refractivity contribution is 5.11. The van der Waals surface area contributed by atoms with Crippen molar-refractivity contribution in [2.75, 3.05) is 27.2 Å². The Morgan fingerprint density at radius 3 is 3.00 bits per heavy atom. The lowest BCUT2D eigenvalue weighted by molar-refractivity contribution is 0.127. The van der Waals surface area contributed by atoms with Gasteiger partial charge in [-0.3, -0.25) is 0 Å². The molecule has 0 aromatic rings. The van der Waals surface area contributed by atoms with Gasteiger partial charge < -0.3 is 15.4 Å². The van der Waals surface area contributed by atoms with Crippen LogP contribution in [0.1, 0.15) is 6.42 Å². The van der Waals surface area contributed by atoms with Gasteiger partial charge in [-0.2, -0.15) is 0 Å². The van der Waals surface area contributed by atoms with Gasteiger partial charge in [0, 0.05) is 20.2 Å². The van der Waals surface area contributed by atoms with Crippen molar-refractivity contribution in [3.8, 4) is 0 Å². The fourth-order valence-corrected chi connectivity index (χ4v) is 1.28. The summed E-state index contributed by atoms with van der Waals surface area (Å²) in [6, 6.07) is 0. The third-order valence-electron chi connectivity index (χ3n) is 1.99. The lowest BCUT2D eigenvalue weighted by atomic mass is 10.1. The van der Waals surface area contributed by atoms with Crippen LogP contribution in [-0.2, 0) is 4.74 Å². The molecule has 0 aromatic carbocycles. The van der Waals surface area contributed by atoms with Gasteiger partial charge in [0.2, 0.25) is 0 Å². The molecule has 0 aromatic heterocycles. The van der Waals surface area contributed by atoms with Gasteiger partial charge >= 0.3 is 0 Å². The highest BCUT2D eigenvalue weighted by Crippen LogP contribution is 2.10. The van der Waals surface area contributed by atoms with E-state index in [1.54, 1.807) is 7.11 Å². The quantitative estimate of drug-likeness (QED) is 0.458. The first kappa shape index (κ1) is 8.71. The summed E-state index contributed by atoms with van der Waals surface area (Å²) in [4.78, 5) is 2.24. The van der Waals surface area contributed by atoms with E-state index in [0.29, 0.717) is 0 Å². The van der Waals surface area contributed by atoms with Crippen molar-refractivity contribution in [1.29, 1.82) is 0 Å². The maximum Gasteiger partial charge on any atom is 0.128 e. The first-order chi connectivity index (χ1) is 5.24. The van der Waals surface area contributed by atoms with E-state index in [4.69, 9.17) is 10.5 Å². The highest BCUT2D eigenvalue weighted by Gasteiger charge is 2.13. The Morgan fingerprint density at radius 2 is 2.45 bits per heavy atom. The molecule has 0 amide bonds. The van der Waals surface area contributed by atoms with Gasteiger partial charge in [-0.25, -0.2) is 0 Å². The van der Waals surface area contributed by atoms with Crippen LogP contribution in [0.15, 0.2) is 11.6 Å². The molecule has 0 fully saturated rings. The molecule has 1 aliphatic rings. The first-order valence-corrected chi connectivity index (χ1v) is 3.90. The number of methoxy groups -OCH3 is 1.